The lowest BCUT2D eigenvalue weighted by Crippen LogP contribution is -2.44. The van der Waals surface area contributed by atoms with Crippen LogP contribution < -0.4 is 0 Å². The number of carbonyl (C=O) groups excluding carboxylic acids is 1. The zero-order valence-electron chi connectivity index (χ0n) is 15.8. The Bertz CT molecular complexity index is 784. The van der Waals surface area contributed by atoms with Crippen LogP contribution in [-0.2, 0) is 16.1 Å². The molecular weight excluding hydrogens is 344 g/mol. The largest absolute Gasteiger partial charge is 0.483 e. The van der Waals surface area contributed by atoms with E-state index in [1.54, 1.807) is 0 Å². The van der Waals surface area contributed by atoms with Crippen LogP contribution in [0.15, 0.2) is 30.3 Å². The van der Waals surface area contributed by atoms with E-state index in [1.807, 2.05) is 39.9 Å². The van der Waals surface area contributed by atoms with Gasteiger partial charge in [0.05, 0.1) is 12.6 Å². The van der Waals surface area contributed by atoms with Gasteiger partial charge in [-0.3, -0.25) is 9.59 Å². The molecule has 1 aliphatic heterocycles. The summed E-state index contributed by atoms with van der Waals surface area (Å²) in [4.78, 5) is 27.9. The first kappa shape index (κ1) is 19.1. The van der Waals surface area contributed by atoms with E-state index in [0.29, 0.717) is 18.3 Å². The molecule has 0 saturated heterocycles. The molecule has 2 aliphatic rings. The Kier molecular flexibility index (Phi) is 5.88. The fourth-order valence-corrected chi connectivity index (χ4v) is 3.55. The van der Waals surface area contributed by atoms with E-state index in [9.17, 15) is 4.79 Å². The van der Waals surface area contributed by atoms with Crippen LogP contribution in [0.5, 0.6) is 0 Å². The normalized spacial score (nSPS) is 18.5. The molecule has 0 unspecified atom stereocenters. The van der Waals surface area contributed by atoms with Crippen molar-refractivity contribution < 1.29 is 14.7 Å². The fourth-order valence-electron chi connectivity index (χ4n) is 3.55. The number of hydrogen-bond acceptors (Lipinski definition) is 4. The van der Waals surface area contributed by atoms with Crippen LogP contribution in [0, 0.1) is 11.8 Å². The van der Waals surface area contributed by atoms with Gasteiger partial charge < -0.3 is 10.0 Å². The lowest BCUT2D eigenvalue weighted by Gasteiger charge is -2.37. The van der Waals surface area contributed by atoms with Gasteiger partial charge in [0.2, 0.25) is 5.91 Å². The third kappa shape index (κ3) is 4.35. The maximum Gasteiger partial charge on any atom is 0.290 e. The number of carboxylic acid groups (broad SMARTS) is 1. The minimum Gasteiger partial charge on any atom is -0.483 e. The summed E-state index contributed by atoms with van der Waals surface area (Å²) in [5.41, 5.74) is 1.03. The van der Waals surface area contributed by atoms with E-state index in [1.165, 1.54) is 12.8 Å². The molecule has 1 N–H and O–H groups in total. The number of carbonyl (C=O) groups is 2. The van der Waals surface area contributed by atoms with Gasteiger partial charge in [-0.1, -0.05) is 44.2 Å². The van der Waals surface area contributed by atoms with Gasteiger partial charge in [-0.2, -0.15) is 5.10 Å². The van der Waals surface area contributed by atoms with Crippen LogP contribution in [0.1, 0.15) is 45.0 Å². The van der Waals surface area contributed by atoms with Gasteiger partial charge in [-0.15, -0.1) is 0 Å². The second-order valence-electron chi connectivity index (χ2n) is 7.41. The van der Waals surface area contributed by atoms with E-state index in [2.05, 4.69) is 18.9 Å². The summed E-state index contributed by atoms with van der Waals surface area (Å²) >= 11 is 0. The van der Waals surface area contributed by atoms with Gasteiger partial charge in [-0.05, 0) is 24.7 Å². The maximum atomic E-state index is 12.7. The summed E-state index contributed by atoms with van der Waals surface area (Å²) < 4.78 is 1.99. The van der Waals surface area contributed by atoms with E-state index in [4.69, 9.17) is 14.9 Å². The lowest BCUT2D eigenvalue weighted by molar-refractivity contribution is -0.136. The molecule has 1 aromatic carbocycles. The quantitative estimate of drug-likeness (QED) is 0.836. The fraction of sp³-hybridized carbons (Fsp3) is 0.500. The molecule has 2 heterocycles. The van der Waals surface area contributed by atoms with Crippen LogP contribution in [-0.4, -0.2) is 43.7 Å². The Balaban J connectivity index is 0.000000659. The molecular formula is C20H26N4O3. The summed E-state index contributed by atoms with van der Waals surface area (Å²) in [6, 6.07) is 10.1. The predicted octanol–water partition coefficient (Wildman–Crippen LogP) is 2.99. The van der Waals surface area contributed by atoms with Crippen molar-refractivity contribution in [3.05, 3.63) is 36.2 Å². The SMILES string of the molecule is CC(C)[C@H]1c2nc(-c3ccccc3)nn2CCN1C(=O)CC1CC1.O=CO. The first-order valence-corrected chi connectivity index (χ1v) is 9.42. The molecule has 144 valence electrons. The number of aromatic nitrogens is 3. The smallest absolute Gasteiger partial charge is 0.290 e. The molecule has 1 atom stereocenters. The molecule has 27 heavy (non-hydrogen) atoms. The highest BCUT2D eigenvalue weighted by atomic mass is 16.3. The van der Waals surface area contributed by atoms with Gasteiger partial charge in [0, 0.05) is 18.5 Å². The number of fused-ring (bicyclic) bond motifs is 1. The van der Waals surface area contributed by atoms with Crippen LogP contribution >= 0.6 is 0 Å². The van der Waals surface area contributed by atoms with Crippen LogP contribution in [0.2, 0.25) is 0 Å². The molecule has 1 saturated carbocycles. The first-order valence-electron chi connectivity index (χ1n) is 9.42. The van der Waals surface area contributed by atoms with Crippen LogP contribution in [0.25, 0.3) is 11.4 Å². The van der Waals surface area contributed by atoms with Gasteiger partial charge in [-0.25, -0.2) is 9.67 Å². The van der Waals surface area contributed by atoms with Gasteiger partial charge in [0.15, 0.2) is 11.6 Å². The molecule has 7 heteroatoms. The second kappa shape index (κ2) is 8.33. The molecule has 1 fully saturated rings. The van der Waals surface area contributed by atoms with E-state index >= 15 is 0 Å². The predicted molar refractivity (Wildman–Crippen MR) is 101 cm³/mol. The average molecular weight is 370 g/mol. The second-order valence-corrected chi connectivity index (χ2v) is 7.41. The molecule has 1 aliphatic carbocycles. The monoisotopic (exact) mass is 370 g/mol. The summed E-state index contributed by atoms with van der Waals surface area (Å²) in [6.07, 6.45) is 3.11. The van der Waals surface area contributed by atoms with Crippen molar-refractivity contribution in [2.24, 2.45) is 11.8 Å². The van der Waals surface area contributed by atoms with Crippen molar-refractivity contribution in [2.45, 2.75) is 45.7 Å². The Morgan fingerprint density at radius 3 is 2.52 bits per heavy atom. The Labute approximate surface area is 159 Å². The Morgan fingerprint density at radius 1 is 1.26 bits per heavy atom. The van der Waals surface area contributed by atoms with E-state index in [-0.39, 0.29) is 18.4 Å². The third-order valence-corrected chi connectivity index (χ3v) is 5.00. The molecule has 0 radical (unpaired) electrons. The molecule has 2 aromatic rings. The Morgan fingerprint density at radius 2 is 1.93 bits per heavy atom. The zero-order valence-corrected chi connectivity index (χ0v) is 15.8. The first-order chi connectivity index (χ1) is 13.0. The number of nitrogens with zero attached hydrogens (tertiary/aromatic N) is 4. The van der Waals surface area contributed by atoms with Crippen molar-refractivity contribution in [3.8, 4) is 11.4 Å². The third-order valence-electron chi connectivity index (χ3n) is 5.00. The summed E-state index contributed by atoms with van der Waals surface area (Å²) in [6.45, 7) is 5.54. The summed E-state index contributed by atoms with van der Waals surface area (Å²) in [5.74, 6) is 2.91. The van der Waals surface area contributed by atoms with Crippen molar-refractivity contribution in [1.82, 2.24) is 19.7 Å². The topological polar surface area (TPSA) is 88.3 Å². The highest BCUT2D eigenvalue weighted by Crippen LogP contribution is 2.37. The van der Waals surface area contributed by atoms with Gasteiger partial charge in [0.25, 0.3) is 6.47 Å². The van der Waals surface area contributed by atoms with Crippen LogP contribution in [0.4, 0.5) is 0 Å². The van der Waals surface area contributed by atoms with Crippen molar-refractivity contribution in [1.29, 1.82) is 0 Å². The molecule has 1 amide bonds. The molecule has 7 nitrogen and oxygen atoms in total. The van der Waals surface area contributed by atoms with E-state index in [0.717, 1.165) is 30.3 Å². The minimum atomic E-state index is -0.250. The highest BCUT2D eigenvalue weighted by Gasteiger charge is 2.37. The van der Waals surface area contributed by atoms with Crippen molar-refractivity contribution in [3.63, 3.8) is 0 Å². The molecule has 4 rings (SSSR count). The lowest BCUT2D eigenvalue weighted by atomic mass is 9.99. The summed E-state index contributed by atoms with van der Waals surface area (Å²) in [5, 5.41) is 11.6. The van der Waals surface area contributed by atoms with Crippen molar-refractivity contribution in [2.75, 3.05) is 6.54 Å². The standard InChI is InChI=1S/C19H24N4O.CH2O2/c1-13(2)17-19-20-18(15-6-4-3-5-7-15)21-23(19)11-10-22(17)16(24)12-14-8-9-14;2-1-3/h3-7,13-14,17H,8-12H2,1-2H3;1H,(H,2,3)/t17-;/m0./s1. The van der Waals surface area contributed by atoms with E-state index < -0.39 is 0 Å². The number of benzene rings is 1. The number of rotatable bonds is 4. The van der Waals surface area contributed by atoms with Gasteiger partial charge in [0.1, 0.15) is 0 Å². The average Bonchev–Trinajstić information content (AvgIpc) is 3.36. The number of amides is 1. The molecule has 0 spiro atoms. The number of hydrogen-bond donors (Lipinski definition) is 1. The molecule has 0 bridgehead atoms. The van der Waals surface area contributed by atoms with Crippen LogP contribution in [0.3, 0.4) is 0 Å². The van der Waals surface area contributed by atoms with Gasteiger partial charge >= 0.3 is 0 Å². The maximum absolute atomic E-state index is 12.7. The highest BCUT2D eigenvalue weighted by molar-refractivity contribution is 5.77. The van der Waals surface area contributed by atoms with Crippen molar-refractivity contribution >= 4 is 12.4 Å². The molecule has 1 aromatic heterocycles. The minimum absolute atomic E-state index is 0.0231. The summed E-state index contributed by atoms with van der Waals surface area (Å²) in [7, 11) is 0. The Hall–Kier alpha value is -2.70. The zero-order chi connectivity index (χ0) is 19.4.